The predicted octanol–water partition coefficient (Wildman–Crippen LogP) is 6.37. The third-order valence-corrected chi connectivity index (χ3v) is 6.39. The third-order valence-electron chi connectivity index (χ3n) is 6.39. The van der Waals surface area contributed by atoms with E-state index in [-0.39, 0.29) is 16.7 Å². The topological polar surface area (TPSA) is 57.6 Å². The molecule has 1 aliphatic rings. The molecule has 1 fully saturated rings. The van der Waals surface area contributed by atoms with Gasteiger partial charge in [0, 0.05) is 11.3 Å². The van der Waals surface area contributed by atoms with Gasteiger partial charge in [0.25, 0.3) is 11.7 Å². The van der Waals surface area contributed by atoms with Crippen LogP contribution in [0.2, 0.25) is 0 Å². The van der Waals surface area contributed by atoms with Crippen LogP contribution in [0.3, 0.4) is 0 Å². The zero-order chi connectivity index (χ0) is 24.8. The molecular formula is C29H28FNO3. The van der Waals surface area contributed by atoms with E-state index in [4.69, 9.17) is 0 Å². The number of Topliss-reactive ketones (excluding diaryl/α,β-unsaturated/α-hetero) is 1. The molecule has 34 heavy (non-hydrogen) atoms. The van der Waals surface area contributed by atoms with E-state index in [1.54, 1.807) is 0 Å². The minimum Gasteiger partial charge on any atom is -0.507 e. The maximum atomic E-state index is 13.6. The number of aliphatic hydroxyl groups excluding tert-OH is 1. The predicted molar refractivity (Wildman–Crippen MR) is 132 cm³/mol. The van der Waals surface area contributed by atoms with Gasteiger partial charge in [0.05, 0.1) is 11.6 Å². The Kier molecular flexibility index (Phi) is 5.90. The fourth-order valence-electron chi connectivity index (χ4n) is 4.38. The molecule has 5 heteroatoms. The van der Waals surface area contributed by atoms with Crippen LogP contribution in [0, 0.1) is 19.7 Å². The van der Waals surface area contributed by atoms with E-state index >= 15 is 0 Å². The van der Waals surface area contributed by atoms with Gasteiger partial charge < -0.3 is 5.11 Å². The number of amides is 1. The molecule has 4 nitrogen and oxygen atoms in total. The molecule has 1 unspecified atom stereocenters. The van der Waals surface area contributed by atoms with Crippen LogP contribution in [-0.2, 0) is 15.0 Å². The monoisotopic (exact) mass is 457 g/mol. The highest BCUT2D eigenvalue weighted by Crippen LogP contribution is 2.43. The largest absolute Gasteiger partial charge is 0.507 e. The summed E-state index contributed by atoms with van der Waals surface area (Å²) in [5.74, 6) is -2.18. The molecule has 0 saturated carbocycles. The van der Waals surface area contributed by atoms with Gasteiger partial charge in [-0.1, -0.05) is 57.2 Å². The van der Waals surface area contributed by atoms with Crippen LogP contribution < -0.4 is 4.90 Å². The number of aryl methyl sites for hydroxylation is 2. The third kappa shape index (κ3) is 4.03. The maximum Gasteiger partial charge on any atom is 0.300 e. The number of halogens is 1. The second-order valence-corrected chi connectivity index (χ2v) is 9.78. The van der Waals surface area contributed by atoms with E-state index in [1.165, 1.54) is 29.2 Å². The number of ketones is 1. The Balaban J connectivity index is 2.00. The average molecular weight is 458 g/mol. The van der Waals surface area contributed by atoms with Crippen LogP contribution in [0.5, 0.6) is 0 Å². The van der Waals surface area contributed by atoms with Crippen molar-refractivity contribution in [2.24, 2.45) is 0 Å². The molecular weight excluding hydrogens is 429 g/mol. The van der Waals surface area contributed by atoms with Gasteiger partial charge in [-0.3, -0.25) is 14.5 Å². The summed E-state index contributed by atoms with van der Waals surface area (Å²) >= 11 is 0. The Labute approximate surface area is 199 Å². The zero-order valence-electron chi connectivity index (χ0n) is 20.0. The van der Waals surface area contributed by atoms with E-state index in [0.29, 0.717) is 11.3 Å². The lowest BCUT2D eigenvalue weighted by Gasteiger charge is -2.27. The first kappa shape index (κ1) is 23.4. The van der Waals surface area contributed by atoms with Gasteiger partial charge in [0.15, 0.2) is 0 Å². The second kappa shape index (κ2) is 8.56. The lowest BCUT2D eigenvalue weighted by Crippen LogP contribution is -2.29. The summed E-state index contributed by atoms with van der Waals surface area (Å²) in [5, 5.41) is 11.5. The van der Waals surface area contributed by atoms with Gasteiger partial charge in [-0.15, -0.1) is 0 Å². The fourth-order valence-corrected chi connectivity index (χ4v) is 4.38. The molecule has 3 aromatic carbocycles. The van der Waals surface area contributed by atoms with E-state index in [1.807, 2.05) is 56.3 Å². The average Bonchev–Trinajstić information content (AvgIpc) is 3.04. The van der Waals surface area contributed by atoms with E-state index in [0.717, 1.165) is 22.3 Å². The SMILES string of the molecule is Cc1ccc(C(C)(C)C)cc1/C(O)=C1\C(=O)C(=O)N(c2ccc(F)cc2)C1c1ccccc1C. The number of rotatable bonds is 3. The minimum absolute atomic E-state index is 0.0257. The Morgan fingerprint density at radius 2 is 1.56 bits per heavy atom. The molecule has 0 aromatic heterocycles. The Hall–Kier alpha value is -3.73. The molecule has 1 N–H and O–H groups in total. The van der Waals surface area contributed by atoms with Gasteiger partial charge >= 0.3 is 0 Å². The summed E-state index contributed by atoms with van der Waals surface area (Å²) in [5.41, 5.74) is 4.14. The number of hydrogen-bond acceptors (Lipinski definition) is 3. The number of benzene rings is 3. The Bertz CT molecular complexity index is 1320. The Morgan fingerprint density at radius 3 is 2.18 bits per heavy atom. The fraction of sp³-hybridized carbons (Fsp3) is 0.241. The quantitative estimate of drug-likeness (QED) is 0.283. The molecule has 3 aromatic rings. The first-order valence-electron chi connectivity index (χ1n) is 11.2. The number of carbonyl (C=O) groups excluding carboxylic acids is 2. The van der Waals surface area contributed by atoms with Crippen molar-refractivity contribution in [3.8, 4) is 0 Å². The van der Waals surface area contributed by atoms with Crippen molar-refractivity contribution in [1.29, 1.82) is 0 Å². The van der Waals surface area contributed by atoms with Crippen LogP contribution in [0.25, 0.3) is 5.76 Å². The van der Waals surface area contributed by atoms with Crippen LogP contribution in [-0.4, -0.2) is 16.8 Å². The van der Waals surface area contributed by atoms with Crippen molar-refractivity contribution < 1.29 is 19.1 Å². The van der Waals surface area contributed by atoms with Crippen LogP contribution in [0.15, 0.2) is 72.3 Å². The van der Waals surface area contributed by atoms with E-state index < -0.39 is 23.5 Å². The highest BCUT2D eigenvalue weighted by molar-refractivity contribution is 6.51. The van der Waals surface area contributed by atoms with Crippen LogP contribution >= 0.6 is 0 Å². The smallest absolute Gasteiger partial charge is 0.300 e. The van der Waals surface area contributed by atoms with Crippen molar-refractivity contribution in [2.45, 2.75) is 46.1 Å². The minimum atomic E-state index is -0.843. The van der Waals surface area contributed by atoms with Gasteiger partial charge in [0.1, 0.15) is 11.6 Å². The van der Waals surface area contributed by atoms with Crippen molar-refractivity contribution in [3.63, 3.8) is 0 Å². The number of hydrogen-bond donors (Lipinski definition) is 1. The number of anilines is 1. The molecule has 0 bridgehead atoms. The zero-order valence-corrected chi connectivity index (χ0v) is 20.0. The van der Waals surface area contributed by atoms with Gasteiger partial charge in [-0.25, -0.2) is 4.39 Å². The van der Waals surface area contributed by atoms with Crippen LogP contribution in [0.4, 0.5) is 10.1 Å². The van der Waals surface area contributed by atoms with Crippen molar-refractivity contribution >= 4 is 23.1 Å². The molecule has 0 aliphatic carbocycles. The number of nitrogens with zero attached hydrogens (tertiary/aromatic N) is 1. The lowest BCUT2D eigenvalue weighted by atomic mass is 9.84. The molecule has 174 valence electrons. The molecule has 0 spiro atoms. The van der Waals surface area contributed by atoms with Crippen LogP contribution in [0.1, 0.15) is 54.6 Å². The highest BCUT2D eigenvalue weighted by atomic mass is 19.1. The Morgan fingerprint density at radius 1 is 0.912 bits per heavy atom. The maximum absolute atomic E-state index is 13.6. The first-order valence-corrected chi connectivity index (χ1v) is 11.2. The molecule has 0 radical (unpaired) electrons. The molecule has 1 aliphatic heterocycles. The molecule has 1 amide bonds. The van der Waals surface area contributed by atoms with Crippen molar-refractivity contribution in [2.75, 3.05) is 4.90 Å². The number of aliphatic hydroxyl groups is 1. The molecule has 1 atom stereocenters. The van der Waals surface area contributed by atoms with Crippen molar-refractivity contribution in [1.82, 2.24) is 0 Å². The van der Waals surface area contributed by atoms with Gasteiger partial charge in [-0.2, -0.15) is 0 Å². The summed E-state index contributed by atoms with van der Waals surface area (Å²) in [4.78, 5) is 28.0. The summed E-state index contributed by atoms with van der Waals surface area (Å²) in [7, 11) is 0. The lowest BCUT2D eigenvalue weighted by molar-refractivity contribution is -0.132. The van der Waals surface area contributed by atoms with Gasteiger partial charge in [-0.05, 0) is 71.8 Å². The summed E-state index contributed by atoms with van der Waals surface area (Å²) in [6, 6.07) is 17.8. The summed E-state index contributed by atoms with van der Waals surface area (Å²) in [6.45, 7) is 9.97. The highest BCUT2D eigenvalue weighted by Gasteiger charge is 2.47. The second-order valence-electron chi connectivity index (χ2n) is 9.78. The van der Waals surface area contributed by atoms with Gasteiger partial charge in [0.2, 0.25) is 0 Å². The first-order chi connectivity index (χ1) is 16.0. The van der Waals surface area contributed by atoms with E-state index in [2.05, 4.69) is 20.8 Å². The molecule has 4 rings (SSSR count). The van der Waals surface area contributed by atoms with E-state index in [9.17, 15) is 19.1 Å². The molecule has 1 heterocycles. The summed E-state index contributed by atoms with van der Waals surface area (Å²) in [6.07, 6.45) is 0. The van der Waals surface area contributed by atoms with Crippen molar-refractivity contribution in [3.05, 3.63) is 106 Å². The standard InChI is InChI=1S/C29H28FNO3/c1-17-8-6-7-9-22(17)25-24(26(32)23-16-19(29(3,4)5)11-10-18(23)2)27(33)28(34)31(25)21-14-12-20(30)13-15-21/h6-16,25,32H,1-5H3/b26-24+. The summed E-state index contributed by atoms with van der Waals surface area (Å²) < 4.78 is 13.6. The normalized spacial score (nSPS) is 17.9. The number of carbonyl (C=O) groups is 2. The molecule has 1 saturated heterocycles.